The van der Waals surface area contributed by atoms with Gasteiger partial charge in [-0.1, -0.05) is 31.3 Å². The van der Waals surface area contributed by atoms with E-state index in [1.807, 2.05) is 36.0 Å². The lowest BCUT2D eigenvalue weighted by molar-refractivity contribution is 0.318. The Bertz CT molecular complexity index is 342. The zero-order valence-electron chi connectivity index (χ0n) is 9.44. The standard InChI is InChI=1S/C12H17NOS2/c1-2-16-9-5-8-14-11-7-4-3-6-10(11)12(13)15/h3-4,6-7H,2,5,8-9H2,1H3,(H2,13,15). The molecular weight excluding hydrogens is 238 g/mol. The van der Waals surface area contributed by atoms with Crippen molar-refractivity contribution >= 4 is 29.0 Å². The van der Waals surface area contributed by atoms with Crippen LogP contribution < -0.4 is 10.5 Å². The zero-order valence-corrected chi connectivity index (χ0v) is 11.1. The van der Waals surface area contributed by atoms with Crippen molar-refractivity contribution in [3.8, 4) is 5.75 Å². The van der Waals surface area contributed by atoms with Gasteiger partial charge < -0.3 is 10.5 Å². The molecule has 4 heteroatoms. The van der Waals surface area contributed by atoms with Crippen molar-refractivity contribution < 1.29 is 4.74 Å². The van der Waals surface area contributed by atoms with E-state index in [9.17, 15) is 0 Å². The number of thiocarbonyl (C=S) groups is 1. The molecule has 0 saturated carbocycles. The van der Waals surface area contributed by atoms with Crippen LogP contribution in [-0.2, 0) is 0 Å². The lowest BCUT2D eigenvalue weighted by atomic mass is 10.2. The van der Waals surface area contributed by atoms with Gasteiger partial charge in [-0.3, -0.25) is 0 Å². The quantitative estimate of drug-likeness (QED) is 0.600. The minimum absolute atomic E-state index is 0.388. The number of para-hydroxylation sites is 1. The van der Waals surface area contributed by atoms with Gasteiger partial charge >= 0.3 is 0 Å². The predicted molar refractivity (Wildman–Crippen MR) is 75.4 cm³/mol. The van der Waals surface area contributed by atoms with Crippen molar-refractivity contribution in [1.82, 2.24) is 0 Å². The molecule has 2 N–H and O–H groups in total. The van der Waals surface area contributed by atoms with Gasteiger partial charge in [0.2, 0.25) is 0 Å². The Hall–Kier alpha value is -0.740. The Morgan fingerprint density at radius 2 is 2.19 bits per heavy atom. The molecule has 0 atom stereocenters. The molecule has 0 amide bonds. The van der Waals surface area contributed by atoms with Crippen LogP contribution in [0.4, 0.5) is 0 Å². The molecule has 0 aliphatic rings. The van der Waals surface area contributed by atoms with Crippen molar-refractivity contribution in [2.24, 2.45) is 5.73 Å². The van der Waals surface area contributed by atoms with Crippen LogP contribution in [0, 0.1) is 0 Å². The summed E-state index contributed by atoms with van der Waals surface area (Å²) in [6.07, 6.45) is 1.05. The van der Waals surface area contributed by atoms with E-state index in [4.69, 9.17) is 22.7 Å². The zero-order chi connectivity index (χ0) is 11.8. The van der Waals surface area contributed by atoms with E-state index in [0.29, 0.717) is 11.6 Å². The fourth-order valence-corrected chi connectivity index (χ4v) is 2.06. The van der Waals surface area contributed by atoms with Crippen molar-refractivity contribution in [2.75, 3.05) is 18.1 Å². The summed E-state index contributed by atoms with van der Waals surface area (Å²) in [5.41, 5.74) is 6.43. The lowest BCUT2D eigenvalue weighted by Gasteiger charge is -2.09. The first-order valence-electron chi connectivity index (χ1n) is 5.35. The Kier molecular flexibility index (Phi) is 6.26. The van der Waals surface area contributed by atoms with Crippen molar-refractivity contribution in [3.05, 3.63) is 29.8 Å². The Balaban J connectivity index is 2.44. The van der Waals surface area contributed by atoms with Crippen molar-refractivity contribution in [1.29, 1.82) is 0 Å². The van der Waals surface area contributed by atoms with Gasteiger partial charge in [-0.05, 0) is 30.1 Å². The maximum Gasteiger partial charge on any atom is 0.129 e. The number of thioether (sulfide) groups is 1. The summed E-state index contributed by atoms with van der Waals surface area (Å²) in [6.45, 7) is 2.88. The Morgan fingerprint density at radius 3 is 2.88 bits per heavy atom. The predicted octanol–water partition coefficient (Wildman–Crippen LogP) is 2.84. The Labute approximate surface area is 107 Å². The summed E-state index contributed by atoms with van der Waals surface area (Å²) in [7, 11) is 0. The molecule has 0 unspecified atom stereocenters. The minimum atomic E-state index is 0.388. The number of hydrogen-bond acceptors (Lipinski definition) is 3. The summed E-state index contributed by atoms with van der Waals surface area (Å²) in [5.74, 6) is 3.08. The first kappa shape index (κ1) is 13.3. The average Bonchev–Trinajstić information content (AvgIpc) is 2.29. The van der Waals surface area contributed by atoms with Gasteiger partial charge in [-0.25, -0.2) is 0 Å². The molecule has 0 aliphatic carbocycles. The third kappa shape index (κ3) is 4.41. The topological polar surface area (TPSA) is 35.2 Å². The lowest BCUT2D eigenvalue weighted by Crippen LogP contribution is -2.12. The summed E-state index contributed by atoms with van der Waals surface area (Å²) in [6, 6.07) is 7.63. The number of hydrogen-bond donors (Lipinski definition) is 1. The average molecular weight is 255 g/mol. The van der Waals surface area contributed by atoms with Crippen molar-refractivity contribution in [2.45, 2.75) is 13.3 Å². The highest BCUT2D eigenvalue weighted by molar-refractivity contribution is 7.99. The van der Waals surface area contributed by atoms with Crippen LogP contribution >= 0.6 is 24.0 Å². The third-order valence-corrected chi connectivity index (χ3v) is 3.25. The van der Waals surface area contributed by atoms with Gasteiger partial charge in [0.1, 0.15) is 10.7 Å². The molecule has 2 nitrogen and oxygen atoms in total. The molecule has 0 radical (unpaired) electrons. The molecule has 0 spiro atoms. The molecule has 1 aromatic rings. The number of nitrogens with two attached hydrogens (primary N) is 1. The van der Waals surface area contributed by atoms with Crippen LogP contribution in [0.3, 0.4) is 0 Å². The molecule has 1 aromatic carbocycles. The maximum absolute atomic E-state index is 5.66. The third-order valence-electron chi connectivity index (χ3n) is 2.05. The van der Waals surface area contributed by atoms with Crippen molar-refractivity contribution in [3.63, 3.8) is 0 Å². The molecule has 0 aliphatic heterocycles. The minimum Gasteiger partial charge on any atom is -0.493 e. The van der Waals surface area contributed by atoms with E-state index < -0.39 is 0 Å². The molecule has 0 aromatic heterocycles. The van der Waals surface area contributed by atoms with E-state index in [0.717, 1.165) is 29.2 Å². The van der Waals surface area contributed by atoms with Crippen LogP contribution in [0.5, 0.6) is 5.75 Å². The van der Waals surface area contributed by atoms with Crippen LogP contribution in [-0.4, -0.2) is 23.1 Å². The Morgan fingerprint density at radius 1 is 1.44 bits per heavy atom. The van der Waals surface area contributed by atoms with Crippen LogP contribution in [0.1, 0.15) is 18.9 Å². The van der Waals surface area contributed by atoms with E-state index in [1.165, 1.54) is 0 Å². The second-order valence-corrected chi connectivity index (χ2v) is 5.09. The van der Waals surface area contributed by atoms with Crippen LogP contribution in [0.25, 0.3) is 0 Å². The highest BCUT2D eigenvalue weighted by Crippen LogP contribution is 2.18. The largest absolute Gasteiger partial charge is 0.493 e. The summed E-state index contributed by atoms with van der Waals surface area (Å²) >= 11 is 6.89. The maximum atomic E-state index is 5.66. The van der Waals surface area contributed by atoms with Gasteiger partial charge in [0.25, 0.3) is 0 Å². The highest BCUT2D eigenvalue weighted by atomic mass is 32.2. The smallest absolute Gasteiger partial charge is 0.129 e. The SMILES string of the molecule is CCSCCCOc1ccccc1C(N)=S. The highest BCUT2D eigenvalue weighted by Gasteiger charge is 2.04. The van der Waals surface area contributed by atoms with Gasteiger partial charge in [-0.2, -0.15) is 11.8 Å². The van der Waals surface area contributed by atoms with E-state index in [2.05, 4.69) is 6.92 Å². The second-order valence-electron chi connectivity index (χ2n) is 3.26. The molecule has 88 valence electrons. The summed E-state index contributed by atoms with van der Waals surface area (Å²) in [4.78, 5) is 0.388. The molecule has 0 bridgehead atoms. The molecule has 0 fully saturated rings. The molecule has 0 heterocycles. The monoisotopic (exact) mass is 255 g/mol. The summed E-state index contributed by atoms with van der Waals surface area (Å²) in [5, 5.41) is 0. The van der Waals surface area contributed by atoms with E-state index in [1.54, 1.807) is 0 Å². The normalized spacial score (nSPS) is 10.1. The number of benzene rings is 1. The van der Waals surface area contributed by atoms with Gasteiger partial charge in [0, 0.05) is 0 Å². The molecule has 1 rings (SSSR count). The van der Waals surface area contributed by atoms with Crippen LogP contribution in [0.2, 0.25) is 0 Å². The van der Waals surface area contributed by atoms with Gasteiger partial charge in [0.05, 0.1) is 12.2 Å². The van der Waals surface area contributed by atoms with E-state index in [-0.39, 0.29) is 0 Å². The first-order valence-corrected chi connectivity index (χ1v) is 6.91. The van der Waals surface area contributed by atoms with Gasteiger partial charge in [-0.15, -0.1) is 0 Å². The van der Waals surface area contributed by atoms with E-state index >= 15 is 0 Å². The fourth-order valence-electron chi connectivity index (χ4n) is 1.28. The van der Waals surface area contributed by atoms with Gasteiger partial charge in [0.15, 0.2) is 0 Å². The first-order chi connectivity index (χ1) is 7.75. The number of rotatable bonds is 7. The van der Waals surface area contributed by atoms with Crippen LogP contribution in [0.15, 0.2) is 24.3 Å². The number of ether oxygens (including phenoxy) is 1. The second kappa shape index (κ2) is 7.52. The molecule has 0 saturated heterocycles. The fraction of sp³-hybridized carbons (Fsp3) is 0.417. The molecule has 16 heavy (non-hydrogen) atoms. The summed E-state index contributed by atoms with van der Waals surface area (Å²) < 4.78 is 5.66. The molecular formula is C12H17NOS2.